The van der Waals surface area contributed by atoms with Crippen LogP contribution in [0.4, 0.5) is 0 Å². The zero-order valence-corrected chi connectivity index (χ0v) is 17.5. The summed E-state index contributed by atoms with van der Waals surface area (Å²) >= 11 is 3.48. The van der Waals surface area contributed by atoms with Crippen LogP contribution in [0.3, 0.4) is 0 Å². The lowest BCUT2D eigenvalue weighted by molar-refractivity contribution is -0.119. The number of ether oxygens (including phenoxy) is 2. The van der Waals surface area contributed by atoms with Gasteiger partial charge in [-0.05, 0) is 52.7 Å². The van der Waals surface area contributed by atoms with Crippen molar-refractivity contribution in [2.45, 2.75) is 19.6 Å². The Morgan fingerprint density at radius 2 is 2.00 bits per heavy atom. The highest BCUT2D eigenvalue weighted by molar-refractivity contribution is 9.10. The molecule has 28 heavy (non-hydrogen) atoms. The number of nitrogens with zero attached hydrogens (tertiary/aromatic N) is 1. The molecule has 0 heterocycles. The summed E-state index contributed by atoms with van der Waals surface area (Å²) in [4.78, 5) is 15.0. The SMILES string of the molecule is CN=C(NCc1cccc(OCC(N)=O)c1)NCC(C)Oc1ccccc1Br. The summed E-state index contributed by atoms with van der Waals surface area (Å²) in [6.45, 7) is 2.98. The van der Waals surface area contributed by atoms with Crippen LogP contribution in [0.25, 0.3) is 0 Å². The molecule has 0 spiro atoms. The zero-order valence-electron chi connectivity index (χ0n) is 15.9. The van der Waals surface area contributed by atoms with Gasteiger partial charge in [-0.15, -0.1) is 0 Å². The smallest absolute Gasteiger partial charge is 0.255 e. The first-order valence-corrected chi connectivity index (χ1v) is 9.63. The average molecular weight is 449 g/mol. The molecule has 2 aromatic rings. The van der Waals surface area contributed by atoms with E-state index in [0.29, 0.717) is 24.8 Å². The van der Waals surface area contributed by atoms with Crippen molar-refractivity contribution in [3.8, 4) is 11.5 Å². The molecule has 8 heteroatoms. The molecule has 2 rings (SSSR count). The highest BCUT2D eigenvalue weighted by Gasteiger charge is 2.08. The Balaban J connectivity index is 1.80. The Morgan fingerprint density at radius 3 is 2.71 bits per heavy atom. The molecule has 0 aliphatic rings. The average Bonchev–Trinajstić information content (AvgIpc) is 2.68. The van der Waals surface area contributed by atoms with Crippen molar-refractivity contribution in [3.05, 3.63) is 58.6 Å². The number of aliphatic imine (C=N–C) groups is 1. The molecule has 4 N–H and O–H groups in total. The minimum absolute atomic E-state index is 0.0530. The van der Waals surface area contributed by atoms with Gasteiger partial charge in [0.2, 0.25) is 0 Å². The van der Waals surface area contributed by atoms with Crippen LogP contribution in [0.5, 0.6) is 11.5 Å². The van der Waals surface area contributed by atoms with Gasteiger partial charge in [0.05, 0.1) is 11.0 Å². The van der Waals surface area contributed by atoms with Crippen molar-refractivity contribution < 1.29 is 14.3 Å². The van der Waals surface area contributed by atoms with Crippen molar-refractivity contribution in [1.82, 2.24) is 10.6 Å². The molecule has 0 saturated heterocycles. The quantitative estimate of drug-likeness (QED) is 0.404. The third-order valence-electron chi connectivity index (χ3n) is 3.68. The second kappa shape index (κ2) is 11.2. The van der Waals surface area contributed by atoms with Gasteiger partial charge < -0.3 is 25.8 Å². The molecule has 2 aromatic carbocycles. The summed E-state index contributed by atoms with van der Waals surface area (Å²) in [6, 6.07) is 15.2. The number of hydrogen-bond donors (Lipinski definition) is 3. The maximum Gasteiger partial charge on any atom is 0.255 e. The van der Waals surface area contributed by atoms with E-state index in [-0.39, 0.29) is 12.7 Å². The Bertz CT molecular complexity index is 814. The molecule has 0 aromatic heterocycles. The summed E-state index contributed by atoms with van der Waals surface area (Å²) in [5.74, 6) is 1.54. The van der Waals surface area contributed by atoms with E-state index in [0.717, 1.165) is 15.8 Å². The molecule has 1 unspecified atom stereocenters. The Hall–Kier alpha value is -2.74. The van der Waals surface area contributed by atoms with Crippen molar-refractivity contribution in [1.29, 1.82) is 0 Å². The number of carbonyl (C=O) groups is 1. The number of nitrogens with two attached hydrogens (primary N) is 1. The molecule has 0 saturated carbocycles. The summed E-state index contributed by atoms with van der Waals surface area (Å²) < 4.78 is 12.2. The van der Waals surface area contributed by atoms with Crippen LogP contribution in [0, 0.1) is 0 Å². The van der Waals surface area contributed by atoms with Crippen molar-refractivity contribution in [2.75, 3.05) is 20.2 Å². The number of carbonyl (C=O) groups excluding carboxylic acids is 1. The molecule has 0 radical (unpaired) electrons. The predicted molar refractivity (Wildman–Crippen MR) is 114 cm³/mol. The third kappa shape index (κ3) is 7.48. The Labute approximate surface area is 173 Å². The first-order chi connectivity index (χ1) is 13.5. The van der Waals surface area contributed by atoms with Gasteiger partial charge in [0.25, 0.3) is 5.91 Å². The van der Waals surface area contributed by atoms with Gasteiger partial charge in [0, 0.05) is 13.6 Å². The maximum atomic E-state index is 10.8. The first-order valence-electron chi connectivity index (χ1n) is 8.83. The van der Waals surface area contributed by atoms with Crippen LogP contribution in [0.2, 0.25) is 0 Å². The molecular formula is C20H25BrN4O3. The molecule has 1 amide bonds. The van der Waals surface area contributed by atoms with Gasteiger partial charge in [-0.2, -0.15) is 0 Å². The number of para-hydroxylation sites is 1. The van der Waals surface area contributed by atoms with Gasteiger partial charge in [-0.25, -0.2) is 0 Å². The van der Waals surface area contributed by atoms with Crippen LogP contribution in [-0.2, 0) is 11.3 Å². The molecule has 150 valence electrons. The van der Waals surface area contributed by atoms with Crippen molar-refractivity contribution >= 4 is 27.8 Å². The number of nitrogens with one attached hydrogen (secondary N) is 2. The highest BCUT2D eigenvalue weighted by Crippen LogP contribution is 2.24. The normalized spacial score (nSPS) is 12.2. The monoisotopic (exact) mass is 448 g/mol. The van der Waals surface area contributed by atoms with Crippen LogP contribution >= 0.6 is 15.9 Å². The molecule has 1 atom stereocenters. The minimum atomic E-state index is -0.507. The fourth-order valence-corrected chi connectivity index (χ4v) is 2.72. The molecule has 7 nitrogen and oxygen atoms in total. The van der Waals surface area contributed by atoms with E-state index >= 15 is 0 Å². The largest absolute Gasteiger partial charge is 0.488 e. The second-order valence-corrected chi connectivity index (χ2v) is 6.92. The van der Waals surface area contributed by atoms with Crippen LogP contribution in [-0.4, -0.2) is 38.2 Å². The molecular weight excluding hydrogens is 424 g/mol. The van der Waals surface area contributed by atoms with E-state index in [9.17, 15) is 4.79 Å². The fraction of sp³-hybridized carbons (Fsp3) is 0.300. The van der Waals surface area contributed by atoms with Gasteiger partial charge in [-0.3, -0.25) is 9.79 Å². The number of amides is 1. The molecule has 0 aliphatic carbocycles. The zero-order chi connectivity index (χ0) is 20.4. The predicted octanol–water partition coefficient (Wildman–Crippen LogP) is 2.45. The molecule has 0 bridgehead atoms. The number of benzene rings is 2. The first kappa shape index (κ1) is 21.6. The van der Waals surface area contributed by atoms with E-state index in [4.69, 9.17) is 15.2 Å². The fourth-order valence-electron chi connectivity index (χ4n) is 2.35. The van der Waals surface area contributed by atoms with E-state index in [1.165, 1.54) is 0 Å². The van der Waals surface area contributed by atoms with Gasteiger partial charge in [0.15, 0.2) is 12.6 Å². The van der Waals surface area contributed by atoms with Crippen molar-refractivity contribution in [3.63, 3.8) is 0 Å². The Morgan fingerprint density at radius 1 is 1.21 bits per heavy atom. The third-order valence-corrected chi connectivity index (χ3v) is 4.34. The second-order valence-electron chi connectivity index (χ2n) is 6.07. The summed E-state index contributed by atoms with van der Waals surface area (Å²) in [6.07, 6.45) is -0.0530. The Kier molecular flexibility index (Phi) is 8.61. The summed E-state index contributed by atoms with van der Waals surface area (Å²) in [5, 5.41) is 6.48. The lowest BCUT2D eigenvalue weighted by Gasteiger charge is -2.18. The standard InChI is InChI=1S/C20H25BrN4O3/c1-14(28-18-9-4-3-8-17(18)21)11-24-20(23-2)25-12-15-6-5-7-16(10-15)27-13-19(22)26/h3-10,14H,11-13H2,1-2H3,(H2,22,26)(H2,23,24,25). The van der Waals surface area contributed by atoms with E-state index in [1.807, 2.05) is 49.4 Å². The van der Waals surface area contributed by atoms with E-state index < -0.39 is 5.91 Å². The van der Waals surface area contributed by atoms with Crippen LogP contribution in [0.15, 0.2) is 58.0 Å². The lowest BCUT2D eigenvalue weighted by Crippen LogP contribution is -2.41. The number of primary amides is 1. The number of hydrogen-bond acceptors (Lipinski definition) is 4. The summed E-state index contributed by atoms with van der Waals surface area (Å²) in [7, 11) is 1.71. The van der Waals surface area contributed by atoms with Crippen LogP contribution in [0.1, 0.15) is 12.5 Å². The van der Waals surface area contributed by atoms with Crippen molar-refractivity contribution in [2.24, 2.45) is 10.7 Å². The number of guanidine groups is 1. The van der Waals surface area contributed by atoms with E-state index in [2.05, 4.69) is 31.6 Å². The van der Waals surface area contributed by atoms with Gasteiger partial charge >= 0.3 is 0 Å². The topological polar surface area (TPSA) is 98.0 Å². The highest BCUT2D eigenvalue weighted by atomic mass is 79.9. The van der Waals surface area contributed by atoms with Crippen LogP contribution < -0.4 is 25.8 Å². The summed E-state index contributed by atoms with van der Waals surface area (Å²) in [5.41, 5.74) is 6.08. The number of rotatable bonds is 9. The van der Waals surface area contributed by atoms with E-state index in [1.54, 1.807) is 13.1 Å². The minimum Gasteiger partial charge on any atom is -0.488 e. The molecule has 0 aliphatic heterocycles. The molecule has 0 fully saturated rings. The maximum absolute atomic E-state index is 10.8. The van der Waals surface area contributed by atoms with Gasteiger partial charge in [0.1, 0.15) is 17.6 Å². The van der Waals surface area contributed by atoms with Gasteiger partial charge in [-0.1, -0.05) is 24.3 Å². The number of halogens is 1. The lowest BCUT2D eigenvalue weighted by atomic mass is 10.2.